The number of hydrogen-bond acceptors (Lipinski definition) is 3. The quantitative estimate of drug-likeness (QED) is 0.727. The highest BCUT2D eigenvalue weighted by atomic mass is 35.5. The molecule has 0 saturated heterocycles. The highest BCUT2D eigenvalue weighted by Crippen LogP contribution is 2.41. The number of anilines is 1. The van der Waals surface area contributed by atoms with Crippen molar-refractivity contribution in [3.05, 3.63) is 22.3 Å². The fraction of sp³-hybridized carbons (Fsp3) is 0.300. The smallest absolute Gasteiger partial charge is 0.235 e. The van der Waals surface area contributed by atoms with Crippen molar-refractivity contribution in [2.45, 2.75) is 19.3 Å². The van der Waals surface area contributed by atoms with Crippen LogP contribution in [0.4, 0.5) is 5.82 Å². The lowest BCUT2D eigenvalue weighted by Gasteiger charge is -2.16. The summed E-state index contributed by atoms with van der Waals surface area (Å²) in [5.41, 5.74) is 0.167. The molecule has 1 aliphatic heterocycles. The molecule has 1 amide bonds. The average Bonchev–Trinajstić information content (AvgIpc) is 2.39. The Morgan fingerprint density at radius 2 is 2.27 bits per heavy atom. The van der Waals surface area contributed by atoms with Crippen molar-refractivity contribution in [1.29, 1.82) is 5.26 Å². The van der Waals surface area contributed by atoms with Crippen LogP contribution in [0.2, 0.25) is 5.02 Å². The molecule has 0 bridgehead atoms. The third-order valence-electron chi connectivity index (χ3n) is 2.56. The van der Waals surface area contributed by atoms with Crippen molar-refractivity contribution in [3.8, 4) is 6.07 Å². The largest absolute Gasteiger partial charge is 0.310 e. The first kappa shape index (κ1) is 9.94. The monoisotopic (exact) mass is 221 g/mol. The van der Waals surface area contributed by atoms with Crippen molar-refractivity contribution >= 4 is 23.3 Å². The Balaban J connectivity index is 2.75. The van der Waals surface area contributed by atoms with E-state index in [1.54, 1.807) is 13.8 Å². The number of carbonyl (C=O) groups excluding carboxylic acids is 1. The second kappa shape index (κ2) is 2.94. The molecule has 0 spiro atoms. The van der Waals surface area contributed by atoms with Gasteiger partial charge in [0.1, 0.15) is 11.9 Å². The van der Waals surface area contributed by atoms with Gasteiger partial charge in [-0.1, -0.05) is 11.6 Å². The summed E-state index contributed by atoms with van der Waals surface area (Å²) in [6.45, 7) is 3.51. The summed E-state index contributed by atoms with van der Waals surface area (Å²) in [6.07, 6.45) is 1.36. The minimum Gasteiger partial charge on any atom is -0.310 e. The molecule has 0 aliphatic carbocycles. The van der Waals surface area contributed by atoms with Gasteiger partial charge < -0.3 is 5.32 Å². The number of amides is 1. The average molecular weight is 222 g/mol. The Morgan fingerprint density at radius 3 is 2.87 bits per heavy atom. The SMILES string of the molecule is CC1(C)C(=O)Nc2ncc(C#N)c(Cl)c21. The van der Waals surface area contributed by atoms with E-state index >= 15 is 0 Å². The Kier molecular flexibility index (Phi) is 1.95. The molecule has 1 aromatic heterocycles. The molecule has 0 saturated carbocycles. The second-order valence-electron chi connectivity index (χ2n) is 3.90. The van der Waals surface area contributed by atoms with Gasteiger partial charge in [0.25, 0.3) is 0 Å². The van der Waals surface area contributed by atoms with Gasteiger partial charge in [-0.05, 0) is 13.8 Å². The van der Waals surface area contributed by atoms with Gasteiger partial charge in [-0.15, -0.1) is 0 Å². The van der Waals surface area contributed by atoms with Crippen molar-refractivity contribution in [1.82, 2.24) is 4.98 Å². The predicted octanol–water partition coefficient (Wildman–Crippen LogP) is 1.84. The molecule has 1 aromatic rings. The van der Waals surface area contributed by atoms with Gasteiger partial charge in [-0.25, -0.2) is 4.98 Å². The minimum atomic E-state index is -0.730. The summed E-state index contributed by atoms with van der Waals surface area (Å²) < 4.78 is 0. The van der Waals surface area contributed by atoms with Crippen LogP contribution in [0.1, 0.15) is 25.0 Å². The Morgan fingerprint density at radius 1 is 1.60 bits per heavy atom. The van der Waals surface area contributed by atoms with E-state index in [1.807, 2.05) is 6.07 Å². The van der Waals surface area contributed by atoms with Crippen LogP contribution in [-0.2, 0) is 10.2 Å². The molecule has 0 aromatic carbocycles. The molecule has 0 fully saturated rings. The summed E-state index contributed by atoms with van der Waals surface area (Å²) in [5, 5.41) is 11.8. The lowest BCUT2D eigenvalue weighted by atomic mass is 9.86. The lowest BCUT2D eigenvalue weighted by molar-refractivity contribution is -0.119. The number of nitriles is 1. The third kappa shape index (κ3) is 1.20. The number of nitrogens with one attached hydrogen (secondary N) is 1. The first-order chi connectivity index (χ1) is 6.98. The summed E-state index contributed by atoms with van der Waals surface area (Å²) in [5.74, 6) is 0.302. The predicted molar refractivity (Wildman–Crippen MR) is 55.6 cm³/mol. The van der Waals surface area contributed by atoms with E-state index in [2.05, 4.69) is 10.3 Å². The van der Waals surface area contributed by atoms with Crippen molar-refractivity contribution in [2.75, 3.05) is 5.32 Å². The molecular weight excluding hydrogens is 214 g/mol. The summed E-state index contributed by atoms with van der Waals surface area (Å²) >= 11 is 6.05. The molecule has 0 radical (unpaired) electrons. The Hall–Kier alpha value is -1.60. The number of carbonyl (C=O) groups is 1. The van der Waals surface area contributed by atoms with Crippen LogP contribution in [-0.4, -0.2) is 10.9 Å². The highest BCUT2D eigenvalue weighted by molar-refractivity contribution is 6.34. The molecule has 15 heavy (non-hydrogen) atoms. The van der Waals surface area contributed by atoms with E-state index in [-0.39, 0.29) is 5.91 Å². The number of nitrogens with zero attached hydrogens (tertiary/aromatic N) is 2. The molecule has 0 atom stereocenters. The zero-order valence-corrected chi connectivity index (χ0v) is 9.01. The van der Waals surface area contributed by atoms with E-state index in [0.717, 1.165) is 0 Å². The summed E-state index contributed by atoms with van der Waals surface area (Å²) in [4.78, 5) is 15.6. The van der Waals surface area contributed by atoms with Crippen LogP contribution in [0.15, 0.2) is 6.20 Å². The van der Waals surface area contributed by atoms with E-state index in [9.17, 15) is 4.79 Å². The number of fused-ring (bicyclic) bond motifs is 1. The van der Waals surface area contributed by atoms with Gasteiger partial charge in [0, 0.05) is 11.8 Å². The normalized spacial score (nSPS) is 16.8. The number of rotatable bonds is 0. The summed E-state index contributed by atoms with van der Waals surface area (Å²) in [6, 6.07) is 1.94. The van der Waals surface area contributed by atoms with Crippen molar-refractivity contribution in [3.63, 3.8) is 0 Å². The van der Waals surface area contributed by atoms with Crippen molar-refractivity contribution < 1.29 is 4.79 Å². The van der Waals surface area contributed by atoms with Crippen LogP contribution >= 0.6 is 11.6 Å². The molecule has 1 aliphatic rings. The van der Waals surface area contributed by atoms with Gasteiger partial charge >= 0.3 is 0 Å². The van der Waals surface area contributed by atoms with Crippen LogP contribution in [0.3, 0.4) is 0 Å². The van der Waals surface area contributed by atoms with Gasteiger partial charge in [-0.2, -0.15) is 5.26 Å². The zero-order chi connectivity index (χ0) is 11.2. The molecule has 5 heteroatoms. The van der Waals surface area contributed by atoms with Crippen molar-refractivity contribution in [2.24, 2.45) is 0 Å². The number of hydrogen-bond donors (Lipinski definition) is 1. The molecule has 0 unspecified atom stereocenters. The molecule has 2 heterocycles. The summed E-state index contributed by atoms with van der Waals surface area (Å²) in [7, 11) is 0. The first-order valence-corrected chi connectivity index (χ1v) is 4.77. The molecule has 2 rings (SSSR count). The molecule has 1 N–H and O–H groups in total. The maximum Gasteiger partial charge on any atom is 0.235 e. The number of aromatic nitrogens is 1. The molecular formula is C10H8ClN3O. The maximum atomic E-state index is 11.6. The standard InChI is InChI=1S/C10H8ClN3O/c1-10(2)6-7(11)5(3-12)4-13-8(6)14-9(10)15/h4H,1-2H3,(H,13,14,15). The Labute approximate surface area is 91.9 Å². The van der Waals surface area contributed by atoms with E-state index in [0.29, 0.717) is 22.0 Å². The van der Waals surface area contributed by atoms with Gasteiger partial charge in [-0.3, -0.25) is 4.79 Å². The number of pyridine rings is 1. The Bertz CT molecular complexity index is 502. The van der Waals surface area contributed by atoms with Crippen LogP contribution in [0.25, 0.3) is 0 Å². The first-order valence-electron chi connectivity index (χ1n) is 4.39. The molecule has 4 nitrogen and oxygen atoms in total. The van der Waals surface area contributed by atoms with Gasteiger partial charge in [0.2, 0.25) is 5.91 Å². The van der Waals surface area contributed by atoms with Crippen LogP contribution in [0, 0.1) is 11.3 Å². The van der Waals surface area contributed by atoms with E-state index in [1.165, 1.54) is 6.20 Å². The fourth-order valence-corrected chi connectivity index (χ4v) is 2.03. The van der Waals surface area contributed by atoms with Gasteiger partial charge in [0.05, 0.1) is 16.0 Å². The maximum absolute atomic E-state index is 11.6. The number of halogens is 1. The fourth-order valence-electron chi connectivity index (χ4n) is 1.61. The topological polar surface area (TPSA) is 65.8 Å². The van der Waals surface area contributed by atoms with Crippen LogP contribution in [0.5, 0.6) is 0 Å². The second-order valence-corrected chi connectivity index (χ2v) is 4.28. The highest BCUT2D eigenvalue weighted by Gasteiger charge is 2.41. The zero-order valence-electron chi connectivity index (χ0n) is 8.26. The minimum absolute atomic E-state index is 0.151. The van der Waals surface area contributed by atoms with Crippen LogP contribution < -0.4 is 5.32 Å². The molecule has 76 valence electrons. The van der Waals surface area contributed by atoms with E-state index < -0.39 is 5.41 Å². The van der Waals surface area contributed by atoms with Gasteiger partial charge in [0.15, 0.2) is 0 Å². The lowest BCUT2D eigenvalue weighted by Crippen LogP contribution is -2.27. The third-order valence-corrected chi connectivity index (χ3v) is 2.95. The van der Waals surface area contributed by atoms with E-state index in [4.69, 9.17) is 16.9 Å².